The molecule has 0 radical (unpaired) electrons. The first kappa shape index (κ1) is 9.45. The van der Waals surface area contributed by atoms with Crippen LogP contribution in [0.2, 0.25) is 0 Å². The van der Waals surface area contributed by atoms with E-state index in [1.807, 2.05) is 0 Å². The summed E-state index contributed by atoms with van der Waals surface area (Å²) in [7, 11) is -2.94. The lowest BCUT2D eigenvalue weighted by Gasteiger charge is -2.01. The van der Waals surface area contributed by atoms with E-state index in [2.05, 4.69) is 0 Å². The summed E-state index contributed by atoms with van der Waals surface area (Å²) in [6, 6.07) is 0. The minimum absolute atomic E-state index is 0.0750. The Morgan fingerprint density at radius 1 is 1.58 bits per heavy atom. The standard InChI is InChI=1S/C8H12O3S/c1-6(9)5-8-3-4-12(10,11)7(8)2/h5,7H,3-4H2,1-2H3/b8-5-. The Bertz CT molecular complexity index is 324. The molecule has 12 heavy (non-hydrogen) atoms. The van der Waals surface area contributed by atoms with Crippen molar-refractivity contribution in [1.29, 1.82) is 0 Å². The van der Waals surface area contributed by atoms with Crippen molar-refractivity contribution in [3.63, 3.8) is 0 Å². The highest BCUT2D eigenvalue weighted by molar-refractivity contribution is 7.92. The number of hydrogen-bond acceptors (Lipinski definition) is 3. The molecule has 3 nitrogen and oxygen atoms in total. The van der Waals surface area contributed by atoms with E-state index < -0.39 is 15.1 Å². The molecule has 1 aliphatic rings. The van der Waals surface area contributed by atoms with Gasteiger partial charge in [0.25, 0.3) is 0 Å². The number of rotatable bonds is 1. The van der Waals surface area contributed by atoms with Crippen molar-refractivity contribution >= 4 is 15.6 Å². The van der Waals surface area contributed by atoms with Gasteiger partial charge in [0.1, 0.15) is 0 Å². The summed E-state index contributed by atoms with van der Waals surface area (Å²) in [5.41, 5.74) is 0.752. The van der Waals surface area contributed by atoms with Crippen molar-refractivity contribution < 1.29 is 13.2 Å². The maximum Gasteiger partial charge on any atom is 0.157 e. The summed E-state index contributed by atoms with van der Waals surface area (Å²) < 4.78 is 22.4. The van der Waals surface area contributed by atoms with E-state index in [0.717, 1.165) is 5.57 Å². The molecule has 1 fully saturated rings. The largest absolute Gasteiger partial charge is 0.295 e. The molecule has 0 aromatic rings. The normalized spacial score (nSPS) is 30.8. The van der Waals surface area contributed by atoms with Crippen LogP contribution in [0.3, 0.4) is 0 Å². The second-order valence-electron chi connectivity index (χ2n) is 3.09. The van der Waals surface area contributed by atoms with Gasteiger partial charge in [-0.25, -0.2) is 8.42 Å². The van der Waals surface area contributed by atoms with Gasteiger partial charge in [0.15, 0.2) is 15.6 Å². The first-order valence-corrected chi connectivity index (χ1v) is 5.57. The molecule has 1 rings (SSSR count). The number of allylic oxidation sites excluding steroid dienone is 1. The fourth-order valence-electron chi connectivity index (χ4n) is 1.32. The third-order valence-corrected chi connectivity index (χ3v) is 4.28. The average Bonchev–Trinajstić information content (AvgIpc) is 2.15. The van der Waals surface area contributed by atoms with Gasteiger partial charge in [-0.05, 0) is 31.9 Å². The average molecular weight is 188 g/mol. The van der Waals surface area contributed by atoms with E-state index in [1.165, 1.54) is 13.0 Å². The van der Waals surface area contributed by atoms with E-state index in [1.54, 1.807) is 6.92 Å². The van der Waals surface area contributed by atoms with Crippen LogP contribution in [0.4, 0.5) is 0 Å². The summed E-state index contributed by atoms with van der Waals surface area (Å²) in [6.07, 6.45) is 1.96. The predicted molar refractivity (Wildman–Crippen MR) is 46.6 cm³/mol. The quantitative estimate of drug-likeness (QED) is 0.569. The lowest BCUT2D eigenvalue weighted by atomic mass is 10.1. The molecular weight excluding hydrogens is 176 g/mol. The number of carbonyl (C=O) groups excluding carboxylic acids is 1. The fraction of sp³-hybridized carbons (Fsp3) is 0.625. The zero-order chi connectivity index (χ0) is 9.35. The molecule has 0 aliphatic carbocycles. The van der Waals surface area contributed by atoms with Crippen molar-refractivity contribution in [3.8, 4) is 0 Å². The van der Waals surface area contributed by atoms with Crippen LogP contribution in [-0.4, -0.2) is 25.2 Å². The lowest BCUT2D eigenvalue weighted by Crippen LogP contribution is -2.12. The summed E-state index contributed by atoms with van der Waals surface area (Å²) in [5, 5.41) is -0.457. The lowest BCUT2D eigenvalue weighted by molar-refractivity contribution is -0.112. The van der Waals surface area contributed by atoms with Crippen molar-refractivity contribution in [2.24, 2.45) is 0 Å². The Labute approximate surface area is 72.4 Å². The maximum atomic E-state index is 11.2. The molecule has 4 heteroatoms. The summed E-state index contributed by atoms with van der Waals surface area (Å²) in [6.45, 7) is 3.07. The van der Waals surface area contributed by atoms with Crippen molar-refractivity contribution in [1.82, 2.24) is 0 Å². The first-order chi connectivity index (χ1) is 5.43. The predicted octanol–water partition coefficient (Wildman–Crippen LogP) is 0.709. The van der Waals surface area contributed by atoms with Crippen LogP contribution >= 0.6 is 0 Å². The van der Waals surface area contributed by atoms with Gasteiger partial charge in [0, 0.05) is 0 Å². The molecule has 1 heterocycles. The molecule has 1 unspecified atom stereocenters. The van der Waals surface area contributed by atoms with E-state index in [4.69, 9.17) is 0 Å². The minimum Gasteiger partial charge on any atom is -0.295 e. The molecule has 0 aromatic carbocycles. The smallest absolute Gasteiger partial charge is 0.157 e. The van der Waals surface area contributed by atoms with Gasteiger partial charge in [-0.3, -0.25) is 4.79 Å². The Balaban J connectivity index is 2.95. The molecule has 0 aromatic heterocycles. The van der Waals surface area contributed by atoms with Crippen LogP contribution in [0.5, 0.6) is 0 Å². The second kappa shape index (κ2) is 3.01. The van der Waals surface area contributed by atoms with Crippen LogP contribution in [0.1, 0.15) is 20.3 Å². The molecule has 1 aliphatic heterocycles. The van der Waals surface area contributed by atoms with Crippen LogP contribution in [0.25, 0.3) is 0 Å². The van der Waals surface area contributed by atoms with Crippen LogP contribution < -0.4 is 0 Å². The molecular formula is C8H12O3S. The highest BCUT2D eigenvalue weighted by Crippen LogP contribution is 2.25. The van der Waals surface area contributed by atoms with Crippen LogP contribution in [0, 0.1) is 0 Å². The van der Waals surface area contributed by atoms with Gasteiger partial charge in [-0.1, -0.05) is 0 Å². The molecule has 1 saturated heterocycles. The Hall–Kier alpha value is -0.640. The maximum absolute atomic E-state index is 11.2. The Morgan fingerprint density at radius 2 is 2.17 bits per heavy atom. The van der Waals surface area contributed by atoms with Crippen molar-refractivity contribution in [3.05, 3.63) is 11.6 Å². The van der Waals surface area contributed by atoms with Gasteiger partial charge in [-0.2, -0.15) is 0 Å². The molecule has 1 atom stereocenters. The van der Waals surface area contributed by atoms with Gasteiger partial charge in [-0.15, -0.1) is 0 Å². The van der Waals surface area contributed by atoms with Crippen LogP contribution in [-0.2, 0) is 14.6 Å². The number of sulfone groups is 1. The fourth-order valence-corrected chi connectivity index (χ4v) is 2.84. The van der Waals surface area contributed by atoms with Crippen molar-refractivity contribution in [2.45, 2.75) is 25.5 Å². The van der Waals surface area contributed by atoms with Gasteiger partial charge in [0.05, 0.1) is 11.0 Å². The zero-order valence-electron chi connectivity index (χ0n) is 7.20. The van der Waals surface area contributed by atoms with Crippen molar-refractivity contribution in [2.75, 3.05) is 5.75 Å². The molecule has 68 valence electrons. The van der Waals surface area contributed by atoms with E-state index >= 15 is 0 Å². The number of carbonyl (C=O) groups is 1. The molecule has 0 amide bonds. The van der Waals surface area contributed by atoms with Gasteiger partial charge < -0.3 is 0 Å². The van der Waals surface area contributed by atoms with E-state index in [-0.39, 0.29) is 11.5 Å². The van der Waals surface area contributed by atoms with Crippen LogP contribution in [0.15, 0.2) is 11.6 Å². The zero-order valence-corrected chi connectivity index (χ0v) is 8.02. The monoisotopic (exact) mass is 188 g/mol. The van der Waals surface area contributed by atoms with Gasteiger partial charge >= 0.3 is 0 Å². The number of hydrogen-bond donors (Lipinski definition) is 0. The molecule has 0 bridgehead atoms. The first-order valence-electron chi connectivity index (χ1n) is 3.86. The SMILES string of the molecule is CC(=O)/C=C1/CCS(=O)(=O)C1C. The Morgan fingerprint density at radius 3 is 2.50 bits per heavy atom. The number of ketones is 1. The third kappa shape index (κ3) is 1.75. The molecule has 0 spiro atoms. The minimum atomic E-state index is -2.94. The molecule has 0 saturated carbocycles. The summed E-state index contributed by atoms with van der Waals surface area (Å²) in [5.74, 6) is 0.113. The highest BCUT2D eigenvalue weighted by atomic mass is 32.2. The highest BCUT2D eigenvalue weighted by Gasteiger charge is 2.31. The molecule has 0 N–H and O–H groups in total. The van der Waals surface area contributed by atoms with Gasteiger partial charge in [0.2, 0.25) is 0 Å². The topological polar surface area (TPSA) is 51.2 Å². The summed E-state index contributed by atoms with van der Waals surface area (Å²) >= 11 is 0. The van der Waals surface area contributed by atoms with E-state index in [9.17, 15) is 13.2 Å². The Kier molecular flexibility index (Phi) is 2.37. The van der Waals surface area contributed by atoms with E-state index in [0.29, 0.717) is 6.42 Å². The summed E-state index contributed by atoms with van der Waals surface area (Å²) in [4.78, 5) is 10.7. The third-order valence-electron chi connectivity index (χ3n) is 2.12. The second-order valence-corrected chi connectivity index (χ2v) is 5.53.